The molecular formula is C25H21ClF3NO6S. The Bertz CT molecular complexity index is 1410. The fraction of sp³-hybridized carbons (Fsp3) is 0.240. The second-order valence-electron chi connectivity index (χ2n) is 8.28. The first-order valence-corrected chi connectivity index (χ1v) is 12.9. The molecule has 0 amide bonds. The van der Waals surface area contributed by atoms with Crippen molar-refractivity contribution in [3.05, 3.63) is 82.4 Å². The van der Waals surface area contributed by atoms with Crippen molar-refractivity contribution in [3.63, 3.8) is 0 Å². The summed E-state index contributed by atoms with van der Waals surface area (Å²) in [5, 5.41) is 9.27. The van der Waals surface area contributed by atoms with Crippen LogP contribution in [0.3, 0.4) is 0 Å². The summed E-state index contributed by atoms with van der Waals surface area (Å²) in [6.07, 6.45) is -3.38. The first kappa shape index (κ1) is 26.8. The van der Waals surface area contributed by atoms with Crippen molar-refractivity contribution in [2.75, 3.05) is 6.61 Å². The molecule has 3 aromatic rings. The topological polar surface area (TPSA) is 102 Å². The van der Waals surface area contributed by atoms with Gasteiger partial charge in [0, 0.05) is 11.1 Å². The first-order valence-electron chi connectivity index (χ1n) is 11.1. The van der Waals surface area contributed by atoms with Crippen molar-refractivity contribution in [2.24, 2.45) is 0 Å². The molecule has 0 saturated carbocycles. The van der Waals surface area contributed by atoms with Gasteiger partial charge in [-0.3, -0.25) is 0 Å². The number of ether oxygens (including phenoxy) is 2. The molecule has 0 heterocycles. The zero-order valence-corrected chi connectivity index (χ0v) is 20.7. The van der Waals surface area contributed by atoms with Gasteiger partial charge in [0.2, 0.25) is 10.0 Å². The normalized spacial score (nSPS) is 15.6. The molecule has 1 unspecified atom stereocenters. The van der Waals surface area contributed by atoms with Crippen LogP contribution >= 0.6 is 11.6 Å². The van der Waals surface area contributed by atoms with E-state index in [0.29, 0.717) is 47.2 Å². The number of benzene rings is 3. The van der Waals surface area contributed by atoms with E-state index in [9.17, 15) is 26.4 Å². The number of aliphatic carboxylic acids is 1. The monoisotopic (exact) mass is 555 g/mol. The summed E-state index contributed by atoms with van der Waals surface area (Å²) in [5.41, 5.74) is -0.0134. The Hall–Kier alpha value is -3.28. The lowest BCUT2D eigenvalue weighted by atomic mass is 9.87. The van der Waals surface area contributed by atoms with Crippen LogP contribution < -0.4 is 14.2 Å². The van der Waals surface area contributed by atoms with Gasteiger partial charge in [-0.2, -0.15) is 13.2 Å². The van der Waals surface area contributed by atoms with Crippen LogP contribution in [-0.4, -0.2) is 26.1 Å². The molecule has 37 heavy (non-hydrogen) atoms. The van der Waals surface area contributed by atoms with Gasteiger partial charge in [0.25, 0.3) is 0 Å². The Labute approximate surface area is 215 Å². The molecule has 0 saturated heterocycles. The van der Waals surface area contributed by atoms with Gasteiger partial charge < -0.3 is 14.6 Å². The molecule has 0 bridgehead atoms. The highest BCUT2D eigenvalue weighted by atomic mass is 35.5. The van der Waals surface area contributed by atoms with Crippen molar-refractivity contribution in [3.8, 4) is 17.2 Å². The second-order valence-corrected chi connectivity index (χ2v) is 10.4. The van der Waals surface area contributed by atoms with Crippen molar-refractivity contribution in [1.29, 1.82) is 0 Å². The summed E-state index contributed by atoms with van der Waals surface area (Å²) in [5.74, 6) is -1.29. The first-order chi connectivity index (χ1) is 17.4. The van der Waals surface area contributed by atoms with E-state index in [4.69, 9.17) is 26.2 Å². The molecule has 1 aliphatic carbocycles. The number of hydrogen-bond donors (Lipinski definition) is 2. The minimum absolute atomic E-state index is 0.100. The van der Waals surface area contributed by atoms with Gasteiger partial charge in [0.05, 0.1) is 10.5 Å². The Balaban J connectivity index is 1.63. The summed E-state index contributed by atoms with van der Waals surface area (Å²) in [6, 6.07) is 12.4. The Morgan fingerprint density at radius 1 is 1.08 bits per heavy atom. The van der Waals surface area contributed by atoms with E-state index in [0.717, 1.165) is 12.1 Å². The lowest BCUT2D eigenvalue weighted by molar-refractivity contribution is -0.140. The highest BCUT2D eigenvalue weighted by Gasteiger charge is 2.37. The van der Waals surface area contributed by atoms with E-state index in [2.05, 4.69) is 4.72 Å². The number of halogens is 4. The van der Waals surface area contributed by atoms with Gasteiger partial charge in [-0.15, -0.1) is 0 Å². The van der Waals surface area contributed by atoms with Gasteiger partial charge in [0.1, 0.15) is 17.2 Å². The number of hydrogen-bond acceptors (Lipinski definition) is 5. The predicted molar refractivity (Wildman–Crippen MR) is 129 cm³/mol. The molecule has 0 aliphatic heterocycles. The van der Waals surface area contributed by atoms with Crippen LogP contribution in [0.15, 0.2) is 65.6 Å². The summed E-state index contributed by atoms with van der Waals surface area (Å²) in [4.78, 5) is 10.3. The number of carboxylic acid groups (broad SMARTS) is 1. The largest absolute Gasteiger partial charge is 0.482 e. The van der Waals surface area contributed by atoms with E-state index in [-0.39, 0.29) is 5.75 Å². The number of rotatable bonds is 8. The fourth-order valence-electron chi connectivity index (χ4n) is 4.08. The van der Waals surface area contributed by atoms with E-state index < -0.39 is 51.0 Å². The lowest BCUT2D eigenvalue weighted by Crippen LogP contribution is -2.31. The van der Waals surface area contributed by atoms with Crippen LogP contribution in [0.4, 0.5) is 13.2 Å². The molecular weight excluding hydrogens is 535 g/mol. The van der Waals surface area contributed by atoms with Gasteiger partial charge in [0.15, 0.2) is 6.61 Å². The molecule has 0 radical (unpaired) electrons. The van der Waals surface area contributed by atoms with Crippen molar-refractivity contribution < 1.29 is 41.0 Å². The molecule has 0 aromatic heterocycles. The molecule has 12 heteroatoms. The molecule has 196 valence electrons. The van der Waals surface area contributed by atoms with Crippen LogP contribution in [0.5, 0.6) is 17.2 Å². The highest BCUT2D eigenvalue weighted by molar-refractivity contribution is 7.89. The highest BCUT2D eigenvalue weighted by Crippen LogP contribution is 2.40. The average molecular weight is 556 g/mol. The fourth-order valence-corrected chi connectivity index (χ4v) is 5.49. The van der Waals surface area contributed by atoms with Crippen LogP contribution in [0.2, 0.25) is 5.02 Å². The van der Waals surface area contributed by atoms with Crippen molar-refractivity contribution in [2.45, 2.75) is 36.4 Å². The summed E-state index contributed by atoms with van der Waals surface area (Å²) >= 11 is 5.80. The zero-order chi connectivity index (χ0) is 26.8. The molecule has 1 atom stereocenters. The molecule has 1 aliphatic rings. The number of fused-ring (bicyclic) bond motifs is 1. The Morgan fingerprint density at radius 2 is 1.81 bits per heavy atom. The van der Waals surface area contributed by atoms with Gasteiger partial charge in [-0.05, 0) is 78.9 Å². The van der Waals surface area contributed by atoms with Crippen LogP contribution in [-0.2, 0) is 27.4 Å². The van der Waals surface area contributed by atoms with Crippen LogP contribution in [0.1, 0.15) is 35.6 Å². The predicted octanol–water partition coefficient (Wildman–Crippen LogP) is 5.97. The average Bonchev–Trinajstić information content (AvgIpc) is 2.83. The van der Waals surface area contributed by atoms with Gasteiger partial charge in [-0.25, -0.2) is 17.9 Å². The quantitative estimate of drug-likeness (QED) is 0.355. The third-order valence-corrected chi connectivity index (χ3v) is 7.44. The third-order valence-electron chi connectivity index (χ3n) is 5.72. The number of carbonyl (C=O) groups is 1. The molecule has 2 N–H and O–H groups in total. The van der Waals surface area contributed by atoms with Crippen LogP contribution in [0, 0.1) is 0 Å². The van der Waals surface area contributed by atoms with Gasteiger partial charge in [-0.1, -0.05) is 23.7 Å². The standard InChI is InChI=1S/C25H21ClF3NO6S/c26-15-7-9-16(10-8-15)36-23-12-11-17(13-20(23)25(27,28)29)37(33,34)30-21-5-1-4-19-18(21)3-2-6-22(19)35-14-24(31)32/h2-3,6-13,21,30H,1,4-5,14H2,(H,31,32). The smallest absolute Gasteiger partial charge is 0.420 e. The molecule has 7 nitrogen and oxygen atoms in total. The summed E-state index contributed by atoms with van der Waals surface area (Å²) in [6.45, 7) is -0.558. The maximum atomic E-state index is 13.8. The minimum atomic E-state index is -4.89. The van der Waals surface area contributed by atoms with E-state index in [1.807, 2.05) is 0 Å². The molecule has 4 rings (SSSR count). The summed E-state index contributed by atoms with van der Waals surface area (Å²) < 4.78 is 81.0. The third kappa shape index (κ3) is 6.35. The Morgan fingerprint density at radius 3 is 2.49 bits per heavy atom. The number of alkyl halides is 3. The zero-order valence-electron chi connectivity index (χ0n) is 19.1. The lowest BCUT2D eigenvalue weighted by Gasteiger charge is -2.28. The number of carboxylic acids is 1. The second kappa shape index (κ2) is 10.6. The number of sulfonamides is 1. The summed E-state index contributed by atoms with van der Waals surface area (Å²) in [7, 11) is -4.38. The van der Waals surface area contributed by atoms with Crippen molar-refractivity contribution in [1.82, 2.24) is 4.72 Å². The minimum Gasteiger partial charge on any atom is -0.482 e. The maximum absolute atomic E-state index is 13.8. The van der Waals surface area contributed by atoms with E-state index >= 15 is 0 Å². The molecule has 0 spiro atoms. The maximum Gasteiger partial charge on any atom is 0.420 e. The number of nitrogens with one attached hydrogen (secondary N) is 1. The molecule has 0 fully saturated rings. The van der Waals surface area contributed by atoms with E-state index in [1.54, 1.807) is 18.2 Å². The van der Waals surface area contributed by atoms with E-state index in [1.165, 1.54) is 24.3 Å². The van der Waals surface area contributed by atoms with Gasteiger partial charge >= 0.3 is 12.1 Å². The Kier molecular flexibility index (Phi) is 7.67. The van der Waals surface area contributed by atoms with Crippen LogP contribution in [0.25, 0.3) is 0 Å². The SMILES string of the molecule is O=C(O)COc1cccc2c1CCCC2NS(=O)(=O)c1ccc(Oc2ccc(Cl)cc2)c(C(F)(F)F)c1. The molecule has 3 aromatic carbocycles. The van der Waals surface area contributed by atoms with Crippen molar-refractivity contribution >= 4 is 27.6 Å².